The summed E-state index contributed by atoms with van der Waals surface area (Å²) in [6, 6.07) is 12.2. The normalized spacial score (nSPS) is 17.8. The lowest BCUT2D eigenvalue weighted by Gasteiger charge is -2.20. The fourth-order valence-electron chi connectivity index (χ4n) is 3.10. The number of halogens is 3. The van der Waals surface area contributed by atoms with Gasteiger partial charge in [-0.15, -0.1) is 0 Å². The molecular formula is C19H19F3N2O. The number of benzene rings is 2. The Labute approximate surface area is 144 Å². The summed E-state index contributed by atoms with van der Waals surface area (Å²) in [6.07, 6.45) is -2.48. The van der Waals surface area contributed by atoms with Crippen molar-refractivity contribution in [2.75, 3.05) is 5.32 Å². The number of hydrogen-bond donors (Lipinski definition) is 2. The quantitative estimate of drug-likeness (QED) is 0.864. The van der Waals surface area contributed by atoms with Gasteiger partial charge in [0.25, 0.3) is 0 Å². The highest BCUT2D eigenvalue weighted by molar-refractivity contribution is 5.94. The van der Waals surface area contributed by atoms with Gasteiger partial charge in [0.2, 0.25) is 5.91 Å². The van der Waals surface area contributed by atoms with E-state index in [4.69, 9.17) is 0 Å². The summed E-state index contributed by atoms with van der Waals surface area (Å²) in [4.78, 5) is 12.3. The number of rotatable bonds is 4. The van der Waals surface area contributed by atoms with Crippen LogP contribution in [0.2, 0.25) is 0 Å². The molecule has 1 aliphatic carbocycles. The fourth-order valence-corrected chi connectivity index (χ4v) is 3.10. The second kappa shape index (κ2) is 6.88. The molecule has 3 rings (SSSR count). The number of nitrogens with one attached hydrogen (secondary N) is 2. The van der Waals surface area contributed by atoms with Gasteiger partial charge < -0.3 is 5.32 Å². The maximum Gasteiger partial charge on any atom is 0.416 e. The summed E-state index contributed by atoms with van der Waals surface area (Å²) in [5.41, 5.74) is 2.10. The molecule has 2 N–H and O–H groups in total. The minimum absolute atomic E-state index is 0.115. The maximum absolute atomic E-state index is 12.6. The lowest BCUT2D eigenvalue weighted by atomic mass is 10.1. The van der Waals surface area contributed by atoms with Crippen LogP contribution < -0.4 is 10.6 Å². The minimum atomic E-state index is -4.38. The first-order valence-corrected chi connectivity index (χ1v) is 8.16. The molecule has 0 aromatic heterocycles. The smallest absolute Gasteiger partial charge is 0.325 e. The predicted molar refractivity (Wildman–Crippen MR) is 90.2 cm³/mol. The van der Waals surface area contributed by atoms with E-state index in [-0.39, 0.29) is 11.9 Å². The second-order valence-electron chi connectivity index (χ2n) is 6.24. The van der Waals surface area contributed by atoms with E-state index in [2.05, 4.69) is 22.8 Å². The second-order valence-corrected chi connectivity index (χ2v) is 6.24. The third-order valence-electron chi connectivity index (χ3n) is 4.46. The van der Waals surface area contributed by atoms with Crippen LogP contribution in [-0.4, -0.2) is 11.9 Å². The lowest BCUT2D eigenvalue weighted by Crippen LogP contribution is -2.39. The van der Waals surface area contributed by atoms with Gasteiger partial charge in [-0.2, -0.15) is 13.2 Å². The molecule has 3 nitrogen and oxygen atoms in total. The topological polar surface area (TPSA) is 41.1 Å². The Hall–Kier alpha value is -2.34. The number of fused-ring (bicyclic) bond motifs is 1. The molecular weight excluding hydrogens is 329 g/mol. The molecule has 0 spiro atoms. The van der Waals surface area contributed by atoms with E-state index in [0.29, 0.717) is 5.69 Å². The molecule has 1 amide bonds. The van der Waals surface area contributed by atoms with Gasteiger partial charge in [-0.3, -0.25) is 10.1 Å². The zero-order chi connectivity index (χ0) is 18.0. The summed E-state index contributed by atoms with van der Waals surface area (Å²) < 4.78 is 37.7. The summed E-state index contributed by atoms with van der Waals surface area (Å²) in [5, 5.41) is 5.95. The van der Waals surface area contributed by atoms with Crippen LogP contribution in [0.5, 0.6) is 0 Å². The maximum atomic E-state index is 12.6. The van der Waals surface area contributed by atoms with E-state index in [1.807, 2.05) is 12.1 Å². The van der Waals surface area contributed by atoms with Crippen LogP contribution >= 0.6 is 0 Å². The molecule has 2 aromatic rings. The van der Waals surface area contributed by atoms with Gasteiger partial charge in [-0.25, -0.2) is 0 Å². The van der Waals surface area contributed by atoms with Crippen LogP contribution in [0.1, 0.15) is 36.1 Å². The number of hydrogen-bond acceptors (Lipinski definition) is 2. The van der Waals surface area contributed by atoms with Crippen LogP contribution in [-0.2, 0) is 17.4 Å². The SMILES string of the molecule is C[C@@H](N[C@@H]1CCc2ccccc21)C(=O)Nc1ccc(C(F)(F)F)cc1. The van der Waals surface area contributed by atoms with E-state index < -0.39 is 17.8 Å². The molecule has 0 saturated heterocycles. The Morgan fingerprint density at radius 3 is 2.48 bits per heavy atom. The van der Waals surface area contributed by atoms with Crippen LogP contribution in [0.15, 0.2) is 48.5 Å². The van der Waals surface area contributed by atoms with Crippen LogP contribution in [0, 0.1) is 0 Å². The number of aryl methyl sites for hydroxylation is 1. The standard InChI is InChI=1S/C19H19F3N2O/c1-12(23-17-11-6-13-4-2-3-5-16(13)17)18(25)24-15-9-7-14(8-10-15)19(20,21)22/h2-5,7-10,12,17,23H,6,11H2,1H3,(H,24,25)/t12-,17-/m1/s1. The fraction of sp³-hybridized carbons (Fsp3) is 0.316. The first-order chi connectivity index (χ1) is 11.8. The first kappa shape index (κ1) is 17.5. The van der Waals surface area contributed by atoms with Crippen molar-refractivity contribution in [1.29, 1.82) is 0 Å². The Morgan fingerprint density at radius 2 is 1.80 bits per heavy atom. The first-order valence-electron chi connectivity index (χ1n) is 8.16. The molecule has 0 heterocycles. The van der Waals surface area contributed by atoms with Gasteiger partial charge in [0.1, 0.15) is 0 Å². The number of carbonyl (C=O) groups excluding carboxylic acids is 1. The molecule has 0 saturated carbocycles. The molecule has 6 heteroatoms. The molecule has 0 fully saturated rings. The Morgan fingerprint density at radius 1 is 1.12 bits per heavy atom. The van der Waals surface area contributed by atoms with E-state index in [1.165, 1.54) is 23.3 Å². The largest absolute Gasteiger partial charge is 0.416 e. The van der Waals surface area contributed by atoms with Crippen LogP contribution in [0.25, 0.3) is 0 Å². The molecule has 1 aliphatic rings. The molecule has 0 unspecified atom stereocenters. The summed E-state index contributed by atoms with van der Waals surface area (Å²) in [5.74, 6) is -0.274. The van der Waals surface area contributed by atoms with E-state index >= 15 is 0 Å². The zero-order valence-corrected chi connectivity index (χ0v) is 13.7. The van der Waals surface area contributed by atoms with E-state index in [0.717, 1.165) is 25.0 Å². The van der Waals surface area contributed by atoms with Crippen molar-refractivity contribution in [3.05, 3.63) is 65.2 Å². The molecule has 25 heavy (non-hydrogen) atoms. The van der Waals surface area contributed by atoms with Crippen molar-refractivity contribution >= 4 is 11.6 Å². The number of carbonyl (C=O) groups is 1. The van der Waals surface area contributed by atoms with Crippen LogP contribution in [0.3, 0.4) is 0 Å². The highest BCUT2D eigenvalue weighted by Gasteiger charge is 2.30. The van der Waals surface area contributed by atoms with E-state index in [1.54, 1.807) is 6.92 Å². The van der Waals surface area contributed by atoms with E-state index in [9.17, 15) is 18.0 Å². The molecule has 0 radical (unpaired) electrons. The van der Waals surface area contributed by atoms with Crippen molar-refractivity contribution in [2.45, 2.75) is 38.0 Å². The third-order valence-corrected chi connectivity index (χ3v) is 4.46. The summed E-state index contributed by atoms with van der Waals surface area (Å²) in [7, 11) is 0. The van der Waals surface area contributed by atoms with Crippen molar-refractivity contribution in [1.82, 2.24) is 5.32 Å². The van der Waals surface area contributed by atoms with Gasteiger partial charge in [-0.1, -0.05) is 24.3 Å². The molecule has 2 aromatic carbocycles. The summed E-state index contributed by atoms with van der Waals surface area (Å²) in [6.45, 7) is 1.75. The van der Waals surface area contributed by atoms with Crippen LogP contribution in [0.4, 0.5) is 18.9 Å². The molecule has 0 aliphatic heterocycles. The number of anilines is 1. The Bertz CT molecular complexity index is 756. The third kappa shape index (κ3) is 4.02. The van der Waals surface area contributed by atoms with Gasteiger partial charge in [0, 0.05) is 11.7 Å². The van der Waals surface area contributed by atoms with Gasteiger partial charge in [-0.05, 0) is 55.2 Å². The van der Waals surface area contributed by atoms with Gasteiger partial charge >= 0.3 is 6.18 Å². The Kier molecular flexibility index (Phi) is 4.81. The molecule has 132 valence electrons. The van der Waals surface area contributed by atoms with Crippen molar-refractivity contribution in [2.24, 2.45) is 0 Å². The number of amides is 1. The monoisotopic (exact) mass is 348 g/mol. The highest BCUT2D eigenvalue weighted by Crippen LogP contribution is 2.31. The molecule has 2 atom stereocenters. The predicted octanol–water partition coefficient (Wildman–Crippen LogP) is 4.31. The Balaban J connectivity index is 1.60. The van der Waals surface area contributed by atoms with Crippen molar-refractivity contribution in [3.63, 3.8) is 0 Å². The van der Waals surface area contributed by atoms with Crippen molar-refractivity contribution < 1.29 is 18.0 Å². The average molecular weight is 348 g/mol. The summed E-state index contributed by atoms with van der Waals surface area (Å²) >= 11 is 0. The minimum Gasteiger partial charge on any atom is -0.325 e. The number of alkyl halides is 3. The van der Waals surface area contributed by atoms with Gasteiger partial charge in [0.05, 0.1) is 11.6 Å². The highest BCUT2D eigenvalue weighted by atomic mass is 19.4. The lowest BCUT2D eigenvalue weighted by molar-refractivity contribution is -0.137. The van der Waals surface area contributed by atoms with Gasteiger partial charge in [0.15, 0.2) is 0 Å². The van der Waals surface area contributed by atoms with Crippen molar-refractivity contribution in [3.8, 4) is 0 Å². The zero-order valence-electron chi connectivity index (χ0n) is 13.7. The average Bonchev–Trinajstić information content (AvgIpc) is 2.97. The molecule has 0 bridgehead atoms.